The van der Waals surface area contributed by atoms with Gasteiger partial charge in [0.05, 0.1) is 0 Å². The molecule has 0 aromatic rings. The van der Waals surface area contributed by atoms with Gasteiger partial charge in [-0.1, -0.05) is 27.7 Å². The summed E-state index contributed by atoms with van der Waals surface area (Å²) in [5.41, 5.74) is 0. The number of rotatable bonds is 8. The molecule has 0 amide bonds. The molecule has 0 aromatic heterocycles. The van der Waals surface area contributed by atoms with Crippen LogP contribution in [-0.2, 0) is 0 Å². The summed E-state index contributed by atoms with van der Waals surface area (Å²) in [7, 11) is 2.28. The number of nitrogens with zero attached hydrogens (tertiary/aromatic N) is 2. The molecule has 1 heterocycles. The highest BCUT2D eigenvalue weighted by Gasteiger charge is 2.18. The van der Waals surface area contributed by atoms with Crippen molar-refractivity contribution in [2.45, 2.75) is 59.8 Å². The van der Waals surface area contributed by atoms with E-state index in [2.05, 4.69) is 30.7 Å². The van der Waals surface area contributed by atoms with Crippen LogP contribution in [0.1, 0.15) is 59.8 Å². The molecule has 18 heavy (non-hydrogen) atoms. The fraction of sp³-hybridized carbons (Fsp3) is 1.00. The van der Waals surface area contributed by atoms with E-state index >= 15 is 0 Å². The SMILES string of the molecule is C.CCCCN(C)CCC1CCN(CCC)CC1. The zero-order chi connectivity index (χ0) is 12.5. The summed E-state index contributed by atoms with van der Waals surface area (Å²) in [6.07, 6.45) is 8.26. The molecule has 1 saturated heterocycles. The zero-order valence-electron chi connectivity index (χ0n) is 12.2. The first-order valence-electron chi connectivity index (χ1n) is 7.67. The van der Waals surface area contributed by atoms with E-state index < -0.39 is 0 Å². The van der Waals surface area contributed by atoms with Crippen LogP contribution in [0.5, 0.6) is 0 Å². The third-order valence-corrected chi connectivity index (χ3v) is 4.06. The Morgan fingerprint density at radius 2 is 1.72 bits per heavy atom. The molecule has 110 valence electrons. The quantitative estimate of drug-likeness (QED) is 0.650. The number of hydrogen-bond donors (Lipinski definition) is 0. The molecule has 0 spiro atoms. The van der Waals surface area contributed by atoms with Gasteiger partial charge in [0.25, 0.3) is 0 Å². The van der Waals surface area contributed by atoms with Gasteiger partial charge in [-0.25, -0.2) is 0 Å². The highest BCUT2D eigenvalue weighted by Crippen LogP contribution is 2.20. The summed E-state index contributed by atoms with van der Waals surface area (Å²) in [5.74, 6) is 0.993. The minimum absolute atomic E-state index is 0. The first kappa shape index (κ1) is 17.9. The van der Waals surface area contributed by atoms with E-state index in [0.29, 0.717) is 0 Å². The lowest BCUT2D eigenvalue weighted by atomic mass is 9.93. The molecule has 2 heteroatoms. The van der Waals surface area contributed by atoms with Crippen LogP contribution in [0.4, 0.5) is 0 Å². The Labute approximate surface area is 116 Å². The molecule has 0 N–H and O–H groups in total. The third-order valence-electron chi connectivity index (χ3n) is 4.06. The Bertz CT molecular complexity index is 174. The van der Waals surface area contributed by atoms with E-state index in [1.807, 2.05) is 0 Å². The Kier molecular flexibility index (Phi) is 10.8. The first-order valence-corrected chi connectivity index (χ1v) is 7.67. The van der Waals surface area contributed by atoms with Gasteiger partial charge in [-0.3, -0.25) is 0 Å². The second-order valence-electron chi connectivity index (χ2n) is 5.73. The summed E-state index contributed by atoms with van der Waals surface area (Å²) >= 11 is 0. The largest absolute Gasteiger partial charge is 0.306 e. The van der Waals surface area contributed by atoms with E-state index in [1.54, 1.807) is 0 Å². The molecule has 0 bridgehead atoms. The standard InChI is InChI=1S/C15H32N2.CH4/c1-4-6-11-16(3)12-7-15-8-13-17(10-5-2)14-9-15;/h15H,4-14H2,1-3H3;1H4. The van der Waals surface area contributed by atoms with Gasteiger partial charge in [0.2, 0.25) is 0 Å². The summed E-state index contributed by atoms with van der Waals surface area (Å²) in [6.45, 7) is 11.1. The smallest absolute Gasteiger partial charge is 0.00161 e. The summed E-state index contributed by atoms with van der Waals surface area (Å²) in [6, 6.07) is 0. The lowest BCUT2D eigenvalue weighted by Gasteiger charge is -2.32. The number of likely N-dealkylation sites (tertiary alicyclic amines) is 1. The lowest BCUT2D eigenvalue weighted by Crippen LogP contribution is -2.35. The monoisotopic (exact) mass is 256 g/mol. The van der Waals surface area contributed by atoms with Gasteiger partial charge in [-0.2, -0.15) is 0 Å². The van der Waals surface area contributed by atoms with Crippen LogP contribution in [0.25, 0.3) is 0 Å². The van der Waals surface area contributed by atoms with Crippen LogP contribution < -0.4 is 0 Å². The number of unbranched alkanes of at least 4 members (excludes halogenated alkanes) is 1. The van der Waals surface area contributed by atoms with E-state index in [0.717, 1.165) is 5.92 Å². The van der Waals surface area contributed by atoms with E-state index in [-0.39, 0.29) is 7.43 Å². The van der Waals surface area contributed by atoms with Crippen molar-refractivity contribution in [3.05, 3.63) is 0 Å². The van der Waals surface area contributed by atoms with Crippen molar-refractivity contribution in [3.63, 3.8) is 0 Å². The summed E-state index contributed by atoms with van der Waals surface area (Å²) in [4.78, 5) is 5.15. The predicted octanol–water partition coefficient (Wildman–Crippen LogP) is 3.87. The van der Waals surface area contributed by atoms with Crippen molar-refractivity contribution in [2.75, 3.05) is 39.8 Å². The summed E-state index contributed by atoms with van der Waals surface area (Å²) in [5, 5.41) is 0. The second-order valence-corrected chi connectivity index (χ2v) is 5.73. The first-order chi connectivity index (χ1) is 8.26. The van der Waals surface area contributed by atoms with Crippen molar-refractivity contribution in [1.29, 1.82) is 0 Å². The molecule has 0 aliphatic carbocycles. The second kappa shape index (κ2) is 10.8. The van der Waals surface area contributed by atoms with Gasteiger partial charge in [-0.15, -0.1) is 0 Å². The number of piperidine rings is 1. The van der Waals surface area contributed by atoms with Gasteiger partial charge < -0.3 is 9.80 Å². The Morgan fingerprint density at radius 1 is 1.06 bits per heavy atom. The van der Waals surface area contributed by atoms with Crippen molar-refractivity contribution < 1.29 is 0 Å². The van der Waals surface area contributed by atoms with Gasteiger partial charge >= 0.3 is 0 Å². The van der Waals surface area contributed by atoms with E-state index in [4.69, 9.17) is 0 Å². The molecule has 1 fully saturated rings. The van der Waals surface area contributed by atoms with Gasteiger partial charge in [0.1, 0.15) is 0 Å². The predicted molar refractivity (Wildman–Crippen MR) is 83.2 cm³/mol. The molecule has 0 unspecified atom stereocenters. The topological polar surface area (TPSA) is 6.48 Å². The molecule has 0 radical (unpaired) electrons. The lowest BCUT2D eigenvalue weighted by molar-refractivity contribution is 0.169. The van der Waals surface area contributed by atoms with E-state index in [9.17, 15) is 0 Å². The maximum atomic E-state index is 2.64. The van der Waals surface area contributed by atoms with Crippen LogP contribution in [0.3, 0.4) is 0 Å². The molecule has 0 saturated carbocycles. The maximum absolute atomic E-state index is 2.64. The molecule has 0 aromatic carbocycles. The van der Waals surface area contributed by atoms with Crippen molar-refractivity contribution in [2.24, 2.45) is 5.92 Å². The maximum Gasteiger partial charge on any atom is -0.00161 e. The van der Waals surface area contributed by atoms with Crippen LogP contribution >= 0.6 is 0 Å². The zero-order valence-corrected chi connectivity index (χ0v) is 12.2. The van der Waals surface area contributed by atoms with Crippen molar-refractivity contribution in [3.8, 4) is 0 Å². The highest BCUT2D eigenvalue weighted by atomic mass is 15.1. The molecule has 1 rings (SSSR count). The van der Waals surface area contributed by atoms with Crippen LogP contribution in [-0.4, -0.2) is 49.6 Å². The minimum Gasteiger partial charge on any atom is -0.306 e. The summed E-state index contributed by atoms with van der Waals surface area (Å²) < 4.78 is 0. The average Bonchev–Trinajstić information content (AvgIpc) is 2.36. The molecule has 1 aliphatic rings. The normalized spacial score (nSPS) is 18.0. The highest BCUT2D eigenvalue weighted by molar-refractivity contribution is 4.72. The fourth-order valence-electron chi connectivity index (χ4n) is 2.76. The third kappa shape index (κ3) is 7.38. The molecule has 2 nitrogen and oxygen atoms in total. The Morgan fingerprint density at radius 3 is 2.28 bits per heavy atom. The minimum atomic E-state index is 0. The van der Waals surface area contributed by atoms with Gasteiger partial charge in [0, 0.05) is 0 Å². The average molecular weight is 256 g/mol. The number of hydrogen-bond acceptors (Lipinski definition) is 2. The molecular weight excluding hydrogens is 220 g/mol. The van der Waals surface area contributed by atoms with Gasteiger partial charge in [-0.05, 0) is 77.8 Å². The van der Waals surface area contributed by atoms with Crippen LogP contribution in [0, 0.1) is 5.92 Å². The van der Waals surface area contributed by atoms with Crippen LogP contribution in [0.15, 0.2) is 0 Å². The fourth-order valence-corrected chi connectivity index (χ4v) is 2.76. The molecule has 1 aliphatic heterocycles. The molecular formula is C16H36N2. The van der Waals surface area contributed by atoms with Gasteiger partial charge in [0.15, 0.2) is 0 Å². The molecule has 0 atom stereocenters. The Balaban J connectivity index is 0.00000289. The Hall–Kier alpha value is -0.0800. The van der Waals surface area contributed by atoms with E-state index in [1.165, 1.54) is 71.2 Å². The van der Waals surface area contributed by atoms with Crippen molar-refractivity contribution >= 4 is 0 Å². The van der Waals surface area contributed by atoms with Crippen LogP contribution in [0.2, 0.25) is 0 Å². The van der Waals surface area contributed by atoms with Crippen molar-refractivity contribution in [1.82, 2.24) is 9.80 Å².